The van der Waals surface area contributed by atoms with E-state index < -0.39 is 0 Å². The van der Waals surface area contributed by atoms with Gasteiger partial charge in [-0.1, -0.05) is 0 Å². The Hall–Kier alpha value is -1.79. The molecule has 0 saturated carbocycles. The van der Waals surface area contributed by atoms with Crippen molar-refractivity contribution >= 4 is 29.9 Å². The average Bonchev–Trinajstić information content (AvgIpc) is 2.85. The number of fused-ring (bicyclic) bond motifs is 3. The fraction of sp³-hybridized carbons (Fsp3) is 0.500. The molecule has 0 aromatic heterocycles. The number of amides is 2. The Labute approximate surface area is 141 Å². The van der Waals surface area contributed by atoms with Gasteiger partial charge >= 0.3 is 0 Å². The fourth-order valence-electron chi connectivity index (χ4n) is 3.53. The van der Waals surface area contributed by atoms with Crippen LogP contribution in [0.2, 0.25) is 0 Å². The molecule has 3 aliphatic rings. The molecular weight excluding hydrogens is 318 g/mol. The van der Waals surface area contributed by atoms with E-state index in [2.05, 4.69) is 10.6 Å². The number of benzene rings is 1. The van der Waals surface area contributed by atoms with Crippen LogP contribution >= 0.6 is 12.4 Å². The molecule has 2 bridgehead atoms. The SMILES string of the molecule is Cl.O=C1COc2ccc(C(=O)N3CCC4CCC(C3)N4)cc2N1. The van der Waals surface area contributed by atoms with Crippen LogP contribution in [0.15, 0.2) is 18.2 Å². The lowest BCUT2D eigenvalue weighted by Gasteiger charge is -2.25. The van der Waals surface area contributed by atoms with Crippen LogP contribution in [0.3, 0.4) is 0 Å². The number of carbonyl (C=O) groups excluding carboxylic acids is 2. The van der Waals surface area contributed by atoms with Gasteiger partial charge in [0.15, 0.2) is 6.61 Å². The average molecular weight is 338 g/mol. The van der Waals surface area contributed by atoms with E-state index in [0.717, 1.165) is 25.9 Å². The third-order valence-corrected chi connectivity index (χ3v) is 4.67. The molecule has 6 nitrogen and oxygen atoms in total. The van der Waals surface area contributed by atoms with Crippen molar-refractivity contribution < 1.29 is 14.3 Å². The number of nitrogens with one attached hydrogen (secondary N) is 2. The van der Waals surface area contributed by atoms with E-state index in [4.69, 9.17) is 4.74 Å². The molecule has 2 unspecified atom stereocenters. The Bertz CT molecular complexity index is 637. The Kier molecular flexibility index (Phi) is 4.46. The second kappa shape index (κ2) is 6.37. The highest BCUT2D eigenvalue weighted by Gasteiger charge is 2.31. The van der Waals surface area contributed by atoms with Crippen LogP contribution in [0.1, 0.15) is 29.6 Å². The summed E-state index contributed by atoms with van der Waals surface area (Å²) < 4.78 is 5.33. The number of anilines is 1. The highest BCUT2D eigenvalue weighted by atomic mass is 35.5. The molecule has 2 N–H and O–H groups in total. The summed E-state index contributed by atoms with van der Waals surface area (Å²) in [5.41, 5.74) is 1.18. The van der Waals surface area contributed by atoms with Crippen molar-refractivity contribution in [2.24, 2.45) is 0 Å². The quantitative estimate of drug-likeness (QED) is 0.813. The fourth-order valence-corrected chi connectivity index (χ4v) is 3.53. The summed E-state index contributed by atoms with van der Waals surface area (Å²) >= 11 is 0. The number of likely N-dealkylation sites (tertiary alicyclic amines) is 1. The normalized spacial score (nSPS) is 25.6. The van der Waals surface area contributed by atoms with Gasteiger partial charge < -0.3 is 20.3 Å². The van der Waals surface area contributed by atoms with Crippen molar-refractivity contribution in [2.75, 3.05) is 25.0 Å². The highest BCUT2D eigenvalue weighted by Crippen LogP contribution is 2.29. The summed E-state index contributed by atoms with van der Waals surface area (Å²) in [7, 11) is 0. The number of nitrogens with zero attached hydrogens (tertiary/aromatic N) is 1. The maximum absolute atomic E-state index is 12.7. The number of hydrogen-bond acceptors (Lipinski definition) is 4. The monoisotopic (exact) mass is 337 g/mol. The number of carbonyl (C=O) groups is 2. The first-order chi connectivity index (χ1) is 10.7. The molecule has 1 aromatic rings. The van der Waals surface area contributed by atoms with Crippen LogP contribution < -0.4 is 15.4 Å². The van der Waals surface area contributed by atoms with Crippen LogP contribution in [0.25, 0.3) is 0 Å². The molecule has 0 spiro atoms. The Balaban J connectivity index is 0.00000156. The number of rotatable bonds is 1. The van der Waals surface area contributed by atoms with Gasteiger partial charge in [0.25, 0.3) is 11.8 Å². The van der Waals surface area contributed by atoms with Gasteiger partial charge in [0.1, 0.15) is 5.75 Å². The first-order valence-electron chi connectivity index (χ1n) is 7.81. The number of halogens is 1. The van der Waals surface area contributed by atoms with Crippen LogP contribution in [0.4, 0.5) is 5.69 Å². The van der Waals surface area contributed by atoms with Crippen molar-refractivity contribution in [3.8, 4) is 5.75 Å². The summed E-state index contributed by atoms with van der Waals surface area (Å²) in [6.07, 6.45) is 3.37. The summed E-state index contributed by atoms with van der Waals surface area (Å²) in [6, 6.07) is 6.21. The zero-order valence-electron chi connectivity index (χ0n) is 12.7. The van der Waals surface area contributed by atoms with Gasteiger partial charge in [-0.3, -0.25) is 9.59 Å². The highest BCUT2D eigenvalue weighted by molar-refractivity contribution is 5.99. The van der Waals surface area contributed by atoms with E-state index >= 15 is 0 Å². The molecule has 2 atom stereocenters. The van der Waals surface area contributed by atoms with Crippen molar-refractivity contribution in [1.29, 1.82) is 0 Å². The largest absolute Gasteiger partial charge is 0.482 e. The van der Waals surface area contributed by atoms with Gasteiger partial charge in [0, 0.05) is 30.7 Å². The lowest BCUT2D eigenvalue weighted by atomic mass is 10.1. The maximum atomic E-state index is 12.7. The van der Waals surface area contributed by atoms with Gasteiger partial charge in [-0.25, -0.2) is 0 Å². The van der Waals surface area contributed by atoms with E-state index in [1.165, 1.54) is 6.42 Å². The number of hydrogen-bond donors (Lipinski definition) is 2. The van der Waals surface area contributed by atoms with E-state index in [-0.39, 0.29) is 30.8 Å². The molecule has 23 heavy (non-hydrogen) atoms. The molecule has 1 aromatic carbocycles. The first-order valence-corrected chi connectivity index (χ1v) is 7.81. The molecule has 0 aliphatic carbocycles. The third-order valence-electron chi connectivity index (χ3n) is 4.67. The second-order valence-corrected chi connectivity index (χ2v) is 6.23. The third kappa shape index (κ3) is 3.14. The molecule has 2 amide bonds. The lowest BCUT2D eigenvalue weighted by Crippen LogP contribution is -2.39. The van der Waals surface area contributed by atoms with Crippen molar-refractivity contribution in [3.63, 3.8) is 0 Å². The second-order valence-electron chi connectivity index (χ2n) is 6.23. The predicted octanol–water partition coefficient (Wildman–Crippen LogP) is 1.41. The van der Waals surface area contributed by atoms with E-state index in [0.29, 0.717) is 29.1 Å². The maximum Gasteiger partial charge on any atom is 0.262 e. The molecule has 3 aliphatic heterocycles. The van der Waals surface area contributed by atoms with Crippen molar-refractivity contribution in [3.05, 3.63) is 23.8 Å². The summed E-state index contributed by atoms with van der Waals surface area (Å²) in [5, 5.41) is 6.32. The smallest absolute Gasteiger partial charge is 0.262 e. The molecule has 124 valence electrons. The minimum absolute atomic E-state index is 0. The van der Waals surface area contributed by atoms with Crippen LogP contribution in [0, 0.1) is 0 Å². The Morgan fingerprint density at radius 2 is 2.04 bits per heavy atom. The molecular formula is C16H20ClN3O3. The first kappa shape index (κ1) is 16.1. The van der Waals surface area contributed by atoms with Gasteiger partial charge in [0.2, 0.25) is 0 Å². The molecule has 4 rings (SSSR count). The van der Waals surface area contributed by atoms with Crippen LogP contribution in [-0.4, -0.2) is 48.5 Å². The van der Waals surface area contributed by atoms with Gasteiger partial charge in [-0.15, -0.1) is 12.4 Å². The number of ether oxygens (including phenoxy) is 1. The van der Waals surface area contributed by atoms with E-state index in [9.17, 15) is 9.59 Å². The Morgan fingerprint density at radius 1 is 1.22 bits per heavy atom. The zero-order chi connectivity index (χ0) is 15.1. The van der Waals surface area contributed by atoms with Crippen molar-refractivity contribution in [1.82, 2.24) is 10.2 Å². The standard InChI is InChI=1S/C16H19N3O3.ClH/c20-15-9-22-14-4-1-10(7-13(14)18-15)16(21)19-6-5-11-2-3-12(8-19)17-11;/h1,4,7,11-12,17H,2-3,5-6,8-9H2,(H,18,20);1H. The molecule has 2 saturated heterocycles. The van der Waals surface area contributed by atoms with Gasteiger partial charge in [0.05, 0.1) is 5.69 Å². The minimum Gasteiger partial charge on any atom is -0.482 e. The molecule has 3 heterocycles. The molecule has 7 heteroatoms. The lowest BCUT2D eigenvalue weighted by molar-refractivity contribution is -0.118. The summed E-state index contributed by atoms with van der Waals surface area (Å²) in [4.78, 5) is 26.1. The summed E-state index contributed by atoms with van der Waals surface area (Å²) in [5.74, 6) is 0.457. The summed E-state index contributed by atoms with van der Waals surface area (Å²) in [6.45, 7) is 1.57. The van der Waals surface area contributed by atoms with Crippen LogP contribution in [-0.2, 0) is 4.79 Å². The topological polar surface area (TPSA) is 70.7 Å². The van der Waals surface area contributed by atoms with Crippen molar-refractivity contribution in [2.45, 2.75) is 31.3 Å². The molecule has 0 radical (unpaired) electrons. The van der Waals surface area contributed by atoms with Gasteiger partial charge in [-0.05, 0) is 37.5 Å². The molecule has 2 fully saturated rings. The van der Waals surface area contributed by atoms with E-state index in [1.54, 1.807) is 18.2 Å². The minimum atomic E-state index is -0.187. The van der Waals surface area contributed by atoms with Crippen LogP contribution in [0.5, 0.6) is 5.75 Å². The Morgan fingerprint density at radius 3 is 2.91 bits per heavy atom. The van der Waals surface area contributed by atoms with E-state index in [1.807, 2.05) is 4.90 Å². The van der Waals surface area contributed by atoms with Gasteiger partial charge in [-0.2, -0.15) is 0 Å². The predicted molar refractivity (Wildman–Crippen MR) is 88.3 cm³/mol. The zero-order valence-corrected chi connectivity index (χ0v) is 13.5.